The molecule has 0 aromatic carbocycles. The van der Waals surface area contributed by atoms with Crippen molar-refractivity contribution in [1.29, 1.82) is 0 Å². The van der Waals surface area contributed by atoms with Crippen LogP contribution in [0.15, 0.2) is 12.7 Å². The van der Waals surface area contributed by atoms with E-state index in [1.54, 1.807) is 6.08 Å². The summed E-state index contributed by atoms with van der Waals surface area (Å²) in [5.74, 6) is -0.394. The van der Waals surface area contributed by atoms with Crippen molar-refractivity contribution in [3.8, 4) is 0 Å². The lowest BCUT2D eigenvalue weighted by Crippen LogP contribution is -2.41. The smallest absolute Gasteiger partial charge is 0.332 e. The lowest BCUT2D eigenvalue weighted by atomic mass is 10.2. The molecule has 66 valence electrons. The van der Waals surface area contributed by atoms with E-state index in [9.17, 15) is 9.59 Å². The number of amides is 1. The van der Waals surface area contributed by atoms with Crippen LogP contribution in [0.5, 0.6) is 0 Å². The third-order valence-corrected chi connectivity index (χ3v) is 2.17. The number of ether oxygens (including phenoxy) is 1. The molecule has 4 nitrogen and oxygen atoms in total. The summed E-state index contributed by atoms with van der Waals surface area (Å²) in [6, 6.07) is 0. The van der Waals surface area contributed by atoms with Crippen LogP contribution in [0.25, 0.3) is 0 Å². The van der Waals surface area contributed by atoms with Gasteiger partial charge in [-0.3, -0.25) is 4.79 Å². The fourth-order valence-electron chi connectivity index (χ4n) is 1.32. The highest BCUT2D eigenvalue weighted by Crippen LogP contribution is 2.44. The highest BCUT2D eigenvalue weighted by molar-refractivity contribution is 5.87. The van der Waals surface area contributed by atoms with E-state index in [1.165, 1.54) is 7.11 Å². The molecule has 1 amide bonds. The molecule has 1 saturated carbocycles. The average Bonchev–Trinajstić information content (AvgIpc) is 2.79. The van der Waals surface area contributed by atoms with Gasteiger partial charge in [0.05, 0.1) is 7.11 Å². The highest BCUT2D eigenvalue weighted by atomic mass is 16.5. The Bertz CT molecular complexity index is 226. The van der Waals surface area contributed by atoms with E-state index in [0.29, 0.717) is 12.8 Å². The van der Waals surface area contributed by atoms with Crippen LogP contribution < -0.4 is 5.32 Å². The number of hydrogen-bond donors (Lipinski definition) is 1. The van der Waals surface area contributed by atoms with Crippen molar-refractivity contribution in [2.24, 2.45) is 5.92 Å². The fraction of sp³-hybridized carbons (Fsp3) is 0.500. The van der Waals surface area contributed by atoms with Gasteiger partial charge in [0.2, 0.25) is 6.41 Å². The van der Waals surface area contributed by atoms with Crippen LogP contribution in [0.2, 0.25) is 0 Å². The van der Waals surface area contributed by atoms with Gasteiger partial charge in [0.25, 0.3) is 0 Å². The van der Waals surface area contributed by atoms with Gasteiger partial charge in [-0.15, -0.1) is 6.58 Å². The van der Waals surface area contributed by atoms with Crippen LogP contribution in [0.1, 0.15) is 6.42 Å². The van der Waals surface area contributed by atoms with Crippen LogP contribution in [0.4, 0.5) is 0 Å². The Morgan fingerprint density at radius 2 is 2.50 bits per heavy atom. The van der Waals surface area contributed by atoms with Crippen molar-refractivity contribution in [2.75, 3.05) is 7.11 Å². The summed E-state index contributed by atoms with van der Waals surface area (Å²) >= 11 is 0. The molecule has 1 fully saturated rings. The van der Waals surface area contributed by atoms with E-state index >= 15 is 0 Å². The van der Waals surface area contributed by atoms with Gasteiger partial charge in [-0.1, -0.05) is 6.08 Å². The molecule has 0 aromatic rings. The first-order chi connectivity index (χ1) is 5.71. The van der Waals surface area contributed by atoms with Gasteiger partial charge in [0, 0.05) is 5.92 Å². The number of esters is 1. The first-order valence-electron chi connectivity index (χ1n) is 3.63. The number of rotatable bonds is 4. The van der Waals surface area contributed by atoms with Gasteiger partial charge >= 0.3 is 5.97 Å². The Labute approximate surface area is 70.6 Å². The molecule has 2 atom stereocenters. The average molecular weight is 169 g/mol. The number of carbonyl (C=O) groups excluding carboxylic acids is 2. The van der Waals surface area contributed by atoms with Gasteiger partial charge in [-0.25, -0.2) is 4.79 Å². The third kappa shape index (κ3) is 1.09. The predicted octanol–water partition coefficient (Wildman–Crippen LogP) is -0.150. The van der Waals surface area contributed by atoms with E-state index in [4.69, 9.17) is 0 Å². The topological polar surface area (TPSA) is 55.4 Å². The molecule has 0 unspecified atom stereocenters. The van der Waals surface area contributed by atoms with Crippen LogP contribution >= 0.6 is 0 Å². The zero-order chi connectivity index (χ0) is 9.19. The Balaban J connectivity index is 2.70. The second-order valence-electron chi connectivity index (χ2n) is 2.77. The van der Waals surface area contributed by atoms with Crippen molar-refractivity contribution in [2.45, 2.75) is 12.0 Å². The molecule has 1 rings (SSSR count). The molecule has 0 spiro atoms. The number of hydrogen-bond acceptors (Lipinski definition) is 3. The number of nitrogens with one attached hydrogen (secondary N) is 1. The molecule has 0 aliphatic heterocycles. The van der Waals surface area contributed by atoms with Crippen molar-refractivity contribution in [3.63, 3.8) is 0 Å². The minimum absolute atomic E-state index is 0.00940. The maximum atomic E-state index is 11.2. The van der Waals surface area contributed by atoms with Crippen molar-refractivity contribution in [3.05, 3.63) is 12.7 Å². The fourth-order valence-corrected chi connectivity index (χ4v) is 1.32. The summed E-state index contributed by atoms with van der Waals surface area (Å²) in [6.07, 6.45) is 2.75. The minimum atomic E-state index is -0.821. The third-order valence-electron chi connectivity index (χ3n) is 2.17. The van der Waals surface area contributed by atoms with E-state index in [1.807, 2.05) is 0 Å². The largest absolute Gasteiger partial charge is 0.467 e. The SMILES string of the molecule is C=C[C@@H]1C[C@]1(NC=O)C(=O)OC. The Kier molecular flexibility index (Phi) is 2.17. The quantitative estimate of drug-likeness (QED) is 0.362. The van der Waals surface area contributed by atoms with E-state index < -0.39 is 11.5 Å². The lowest BCUT2D eigenvalue weighted by Gasteiger charge is -2.11. The normalized spacial score (nSPS) is 31.9. The summed E-state index contributed by atoms with van der Waals surface area (Å²) in [7, 11) is 1.30. The molecule has 0 radical (unpaired) electrons. The van der Waals surface area contributed by atoms with Crippen molar-refractivity contribution < 1.29 is 14.3 Å². The van der Waals surface area contributed by atoms with Crippen LogP contribution in [-0.2, 0) is 14.3 Å². The van der Waals surface area contributed by atoms with Crippen molar-refractivity contribution in [1.82, 2.24) is 5.32 Å². The van der Waals surface area contributed by atoms with Gasteiger partial charge in [0.1, 0.15) is 5.54 Å². The van der Waals surface area contributed by atoms with E-state index in [2.05, 4.69) is 16.6 Å². The maximum Gasteiger partial charge on any atom is 0.332 e. The summed E-state index contributed by atoms with van der Waals surface area (Å²) in [5.41, 5.74) is -0.821. The molecule has 0 saturated heterocycles. The molecular formula is C8H11NO3. The highest BCUT2D eigenvalue weighted by Gasteiger charge is 2.59. The Hall–Kier alpha value is -1.32. The number of carbonyl (C=O) groups is 2. The molecule has 0 aromatic heterocycles. The summed E-state index contributed by atoms with van der Waals surface area (Å²) in [5, 5.41) is 2.46. The molecule has 1 N–H and O–H groups in total. The Morgan fingerprint density at radius 3 is 2.83 bits per heavy atom. The number of methoxy groups -OCH3 is 1. The minimum Gasteiger partial charge on any atom is -0.467 e. The first kappa shape index (κ1) is 8.77. The van der Waals surface area contributed by atoms with Gasteiger partial charge in [0.15, 0.2) is 0 Å². The molecule has 4 heteroatoms. The van der Waals surface area contributed by atoms with E-state index in [0.717, 1.165) is 0 Å². The second kappa shape index (κ2) is 2.97. The van der Waals surface area contributed by atoms with E-state index in [-0.39, 0.29) is 5.92 Å². The lowest BCUT2D eigenvalue weighted by molar-refractivity contribution is -0.145. The molecule has 0 bridgehead atoms. The van der Waals surface area contributed by atoms with Crippen LogP contribution in [0, 0.1) is 5.92 Å². The molecule has 1 aliphatic rings. The van der Waals surface area contributed by atoms with Gasteiger partial charge in [-0.2, -0.15) is 0 Å². The summed E-state index contributed by atoms with van der Waals surface area (Å²) in [4.78, 5) is 21.4. The molecule has 12 heavy (non-hydrogen) atoms. The maximum absolute atomic E-state index is 11.2. The van der Waals surface area contributed by atoms with Gasteiger partial charge < -0.3 is 10.1 Å². The summed E-state index contributed by atoms with van der Waals surface area (Å²) < 4.78 is 4.55. The Morgan fingerprint density at radius 1 is 1.83 bits per heavy atom. The molecule has 0 heterocycles. The predicted molar refractivity (Wildman–Crippen MR) is 42.3 cm³/mol. The standard InChI is InChI=1S/C8H11NO3/c1-3-6-4-8(6,9-5-10)7(11)12-2/h3,5-6H,1,4H2,2H3,(H,9,10)/t6-,8-/m1/s1. The monoisotopic (exact) mass is 169 g/mol. The van der Waals surface area contributed by atoms with Crippen LogP contribution in [-0.4, -0.2) is 25.0 Å². The van der Waals surface area contributed by atoms with Gasteiger partial charge in [-0.05, 0) is 6.42 Å². The molecule has 1 aliphatic carbocycles. The van der Waals surface area contributed by atoms with Crippen molar-refractivity contribution >= 4 is 12.4 Å². The first-order valence-corrected chi connectivity index (χ1v) is 3.63. The zero-order valence-electron chi connectivity index (χ0n) is 6.87. The molecular weight excluding hydrogens is 158 g/mol. The van der Waals surface area contributed by atoms with Crippen LogP contribution in [0.3, 0.4) is 0 Å². The summed E-state index contributed by atoms with van der Waals surface area (Å²) in [6.45, 7) is 3.55. The second-order valence-corrected chi connectivity index (χ2v) is 2.77. The zero-order valence-corrected chi connectivity index (χ0v) is 6.87.